The molecule has 0 saturated carbocycles. The maximum atomic E-state index is 12.9. The van der Waals surface area contributed by atoms with Crippen LogP contribution in [0.25, 0.3) is 0 Å². The fraction of sp³-hybridized carbons (Fsp3) is 0.894. The van der Waals surface area contributed by atoms with Gasteiger partial charge in [-0.3, -0.25) is 4.79 Å². The first kappa shape index (κ1) is 55.6. The van der Waals surface area contributed by atoms with E-state index in [0.717, 1.165) is 57.8 Å². The predicted molar refractivity (Wildman–Crippen MR) is 233 cm³/mol. The van der Waals surface area contributed by atoms with E-state index in [2.05, 4.69) is 38.2 Å². The van der Waals surface area contributed by atoms with Crippen molar-refractivity contribution in [1.29, 1.82) is 0 Å². The maximum absolute atomic E-state index is 12.9. The number of hydrogen-bond donors (Lipinski definition) is 7. The molecule has 2 aliphatic rings. The topological polar surface area (TPSA) is 214 Å². The summed E-state index contributed by atoms with van der Waals surface area (Å²) in [5.74, 6) is -0.381. The van der Waals surface area contributed by atoms with Crippen molar-refractivity contribution in [3.05, 3.63) is 24.3 Å². The molecule has 0 aromatic rings. The number of carbonyl (C=O) groups is 1. The van der Waals surface area contributed by atoms with Crippen molar-refractivity contribution in [3.63, 3.8) is 0 Å². The molecule has 0 aromatic heterocycles. The standard InChI is InChI=1S/C47H86O14/c1-3-5-7-9-11-13-15-16-17-18-19-21-23-25-27-29-31-56-33-36(59-39(49)30-28-26-24-22-20-14-12-10-8-6-4-2)34-57-46-45(55)43(53)41(51)38(61-46)35-58-47-44(54)42(52)40(50)37(32-48)60-47/h11,13,16-17,36-38,40-48,50-55H,3-10,12,14-15,18-35H2,1-2H3/b13-11-,17-16-. The third-order valence-corrected chi connectivity index (χ3v) is 11.5. The monoisotopic (exact) mass is 875 g/mol. The highest BCUT2D eigenvalue weighted by atomic mass is 16.7. The van der Waals surface area contributed by atoms with Crippen molar-refractivity contribution in [1.82, 2.24) is 0 Å². The van der Waals surface area contributed by atoms with Crippen molar-refractivity contribution in [2.75, 3.05) is 33.0 Å². The zero-order chi connectivity index (χ0) is 44.5. The van der Waals surface area contributed by atoms with Crippen LogP contribution in [0.1, 0.15) is 168 Å². The van der Waals surface area contributed by atoms with Gasteiger partial charge in [0, 0.05) is 13.0 Å². The van der Waals surface area contributed by atoms with Crippen LogP contribution in [0, 0.1) is 0 Å². The number of carbonyl (C=O) groups excluding carboxylic acids is 1. The van der Waals surface area contributed by atoms with E-state index in [9.17, 15) is 40.5 Å². The molecule has 0 radical (unpaired) electrons. The fourth-order valence-electron chi connectivity index (χ4n) is 7.49. The Kier molecular flexibility index (Phi) is 32.6. The Labute approximate surface area is 367 Å². The summed E-state index contributed by atoms with van der Waals surface area (Å²) < 4.78 is 34.2. The minimum absolute atomic E-state index is 0.0574. The third-order valence-electron chi connectivity index (χ3n) is 11.5. The molecule has 0 amide bonds. The Morgan fingerprint density at radius 2 is 1.02 bits per heavy atom. The van der Waals surface area contributed by atoms with Gasteiger partial charge in [0.15, 0.2) is 12.6 Å². The second kappa shape index (κ2) is 35.8. The molecule has 14 heteroatoms. The van der Waals surface area contributed by atoms with Gasteiger partial charge in [0.25, 0.3) is 0 Å². The molecule has 2 aliphatic heterocycles. The first-order chi connectivity index (χ1) is 29.6. The van der Waals surface area contributed by atoms with Crippen LogP contribution in [-0.2, 0) is 33.2 Å². The quantitative estimate of drug-likeness (QED) is 0.0215. The lowest BCUT2D eigenvalue weighted by molar-refractivity contribution is -0.332. The summed E-state index contributed by atoms with van der Waals surface area (Å²) >= 11 is 0. The van der Waals surface area contributed by atoms with E-state index in [1.807, 2.05) is 0 Å². The van der Waals surface area contributed by atoms with Gasteiger partial charge >= 0.3 is 5.97 Å². The first-order valence-electron chi connectivity index (χ1n) is 23.9. The second-order valence-electron chi connectivity index (χ2n) is 16.9. The summed E-state index contributed by atoms with van der Waals surface area (Å²) in [5, 5.41) is 71.9. The van der Waals surface area contributed by atoms with E-state index in [1.54, 1.807) is 0 Å². The highest BCUT2D eigenvalue weighted by Crippen LogP contribution is 2.26. The van der Waals surface area contributed by atoms with Crippen LogP contribution >= 0.6 is 0 Å². The van der Waals surface area contributed by atoms with Crippen molar-refractivity contribution in [2.24, 2.45) is 0 Å². The molecular weight excluding hydrogens is 789 g/mol. The van der Waals surface area contributed by atoms with Crippen molar-refractivity contribution in [3.8, 4) is 0 Å². The zero-order valence-electron chi connectivity index (χ0n) is 37.7. The lowest BCUT2D eigenvalue weighted by atomic mass is 9.98. The van der Waals surface area contributed by atoms with Gasteiger partial charge in [-0.15, -0.1) is 0 Å². The molecule has 0 bridgehead atoms. The predicted octanol–water partition coefficient (Wildman–Crippen LogP) is 6.07. The van der Waals surface area contributed by atoms with E-state index < -0.39 is 80.7 Å². The molecule has 358 valence electrons. The van der Waals surface area contributed by atoms with Gasteiger partial charge in [-0.25, -0.2) is 0 Å². The van der Waals surface area contributed by atoms with Gasteiger partial charge in [0.05, 0.1) is 26.4 Å². The van der Waals surface area contributed by atoms with Gasteiger partial charge in [0.1, 0.15) is 54.9 Å². The lowest BCUT2D eigenvalue weighted by Gasteiger charge is -2.42. The van der Waals surface area contributed by atoms with Crippen molar-refractivity contribution >= 4 is 5.97 Å². The zero-order valence-corrected chi connectivity index (χ0v) is 37.7. The summed E-state index contributed by atoms with van der Waals surface area (Å²) in [7, 11) is 0. The smallest absolute Gasteiger partial charge is 0.306 e. The summed E-state index contributed by atoms with van der Waals surface area (Å²) in [6.45, 7) is 3.62. The number of rotatable bonds is 37. The van der Waals surface area contributed by atoms with E-state index in [4.69, 9.17) is 28.4 Å². The molecule has 11 unspecified atom stereocenters. The van der Waals surface area contributed by atoms with Gasteiger partial charge in [-0.2, -0.15) is 0 Å². The van der Waals surface area contributed by atoms with Gasteiger partial charge in [0.2, 0.25) is 0 Å². The van der Waals surface area contributed by atoms with Crippen LogP contribution in [0.4, 0.5) is 0 Å². The Balaban J connectivity index is 1.80. The van der Waals surface area contributed by atoms with Gasteiger partial charge in [-0.1, -0.05) is 141 Å². The highest BCUT2D eigenvalue weighted by Gasteiger charge is 2.47. The Morgan fingerprint density at radius 1 is 0.541 bits per heavy atom. The molecule has 2 heterocycles. The minimum atomic E-state index is -1.70. The molecule has 0 aliphatic carbocycles. The Bertz CT molecular complexity index is 1110. The SMILES string of the molecule is CCCCC/C=C\C/C=C\CCCCCCCCOCC(COC1OC(COC2OC(CO)C(O)C(O)C2O)C(O)C(O)C1O)OC(=O)CCCCCCCCCCCCC. The highest BCUT2D eigenvalue weighted by molar-refractivity contribution is 5.69. The van der Waals surface area contributed by atoms with E-state index in [-0.39, 0.29) is 25.6 Å². The summed E-state index contributed by atoms with van der Waals surface area (Å²) in [6, 6.07) is 0. The molecule has 2 saturated heterocycles. The van der Waals surface area contributed by atoms with Gasteiger partial charge < -0.3 is 64.2 Å². The van der Waals surface area contributed by atoms with Crippen molar-refractivity contribution < 1.29 is 69.0 Å². The molecule has 14 nitrogen and oxygen atoms in total. The number of aliphatic hydroxyl groups is 7. The molecule has 2 fully saturated rings. The van der Waals surface area contributed by atoms with Crippen LogP contribution in [-0.4, -0.2) is 142 Å². The van der Waals surface area contributed by atoms with E-state index in [1.165, 1.54) is 83.5 Å². The Morgan fingerprint density at radius 3 is 1.61 bits per heavy atom. The Hall–Kier alpha value is -1.53. The average Bonchev–Trinajstić information content (AvgIpc) is 3.25. The molecule has 0 spiro atoms. The van der Waals surface area contributed by atoms with Crippen LogP contribution in [0.5, 0.6) is 0 Å². The van der Waals surface area contributed by atoms with E-state index in [0.29, 0.717) is 13.0 Å². The number of ether oxygens (including phenoxy) is 6. The average molecular weight is 875 g/mol. The van der Waals surface area contributed by atoms with E-state index >= 15 is 0 Å². The molecule has 0 aromatic carbocycles. The third kappa shape index (κ3) is 24.4. The first-order valence-corrected chi connectivity index (χ1v) is 23.9. The van der Waals surface area contributed by atoms with Crippen LogP contribution < -0.4 is 0 Å². The number of hydrogen-bond acceptors (Lipinski definition) is 14. The normalized spacial score (nSPS) is 27.6. The number of esters is 1. The second-order valence-corrected chi connectivity index (χ2v) is 16.9. The lowest BCUT2D eigenvalue weighted by Crippen LogP contribution is -2.61. The van der Waals surface area contributed by atoms with Crippen LogP contribution in [0.2, 0.25) is 0 Å². The van der Waals surface area contributed by atoms with Crippen molar-refractivity contribution in [2.45, 2.75) is 235 Å². The maximum Gasteiger partial charge on any atom is 0.306 e. The molecular formula is C47H86O14. The summed E-state index contributed by atoms with van der Waals surface area (Å²) in [5.41, 5.74) is 0. The summed E-state index contributed by atoms with van der Waals surface area (Å²) in [4.78, 5) is 12.9. The molecule has 11 atom stereocenters. The fourth-order valence-corrected chi connectivity index (χ4v) is 7.49. The summed E-state index contributed by atoms with van der Waals surface area (Å²) in [6.07, 6.45) is 19.6. The van der Waals surface area contributed by atoms with Crippen LogP contribution in [0.3, 0.4) is 0 Å². The number of allylic oxidation sites excluding steroid dienone is 4. The molecule has 7 N–H and O–H groups in total. The minimum Gasteiger partial charge on any atom is -0.457 e. The molecule has 2 rings (SSSR count). The number of aliphatic hydroxyl groups excluding tert-OH is 7. The van der Waals surface area contributed by atoms with Gasteiger partial charge in [-0.05, 0) is 44.9 Å². The number of unbranched alkanes of at least 4 members (excludes halogenated alkanes) is 19. The van der Waals surface area contributed by atoms with Crippen LogP contribution in [0.15, 0.2) is 24.3 Å². The molecule has 61 heavy (non-hydrogen) atoms. The largest absolute Gasteiger partial charge is 0.457 e.